The molecule has 0 saturated carbocycles. The predicted octanol–water partition coefficient (Wildman–Crippen LogP) is 2.14. The van der Waals surface area contributed by atoms with Crippen molar-refractivity contribution in [2.75, 3.05) is 37.8 Å². The van der Waals surface area contributed by atoms with Crippen LogP contribution in [0.5, 0.6) is 0 Å². The third-order valence-electron chi connectivity index (χ3n) is 8.62. The second-order valence-corrected chi connectivity index (χ2v) is 19.6. The Morgan fingerprint density at radius 1 is 1.00 bits per heavy atom. The zero-order valence-electron chi connectivity index (χ0n) is 33.6. The normalized spacial score (nSPS) is 21.1. The highest BCUT2D eigenvalue weighted by Gasteiger charge is 2.50. The van der Waals surface area contributed by atoms with Crippen molar-refractivity contribution in [2.45, 2.75) is 96.4 Å². The zero-order chi connectivity index (χ0) is 45.4. The van der Waals surface area contributed by atoms with Crippen molar-refractivity contribution >= 4 is 69.1 Å². The molecule has 1 saturated heterocycles. The number of ether oxygens (including phenoxy) is 1. The smallest absolute Gasteiger partial charge is 0.386 e. The van der Waals surface area contributed by atoms with Crippen LogP contribution in [-0.4, -0.2) is 123 Å². The molecule has 0 spiro atoms. The Morgan fingerprint density at radius 3 is 2.34 bits per heavy atom. The van der Waals surface area contributed by atoms with E-state index in [0.29, 0.717) is 12.2 Å². The molecule has 344 valence electrons. The van der Waals surface area contributed by atoms with E-state index in [9.17, 15) is 57.9 Å². The Balaban J connectivity index is 1.40. The number of amides is 2. The topological polar surface area (TPSA) is 364 Å². The molecule has 1 fully saturated rings. The lowest BCUT2D eigenvalue weighted by Crippen LogP contribution is -2.46. The fourth-order valence-corrected chi connectivity index (χ4v) is 8.95. The molecule has 2 amide bonds. The monoisotopic (exact) mass is 945 g/mol. The third kappa shape index (κ3) is 18.0. The average Bonchev–Trinajstić information content (AvgIpc) is 3.73. The Bertz CT molecular complexity index is 1980. The summed E-state index contributed by atoms with van der Waals surface area (Å²) in [6.45, 7) is 2.66. The molecular weight excluding hydrogens is 891 g/mol. The van der Waals surface area contributed by atoms with Gasteiger partial charge in [-0.05, 0) is 19.3 Å². The van der Waals surface area contributed by atoms with Crippen LogP contribution in [0.25, 0.3) is 11.2 Å². The van der Waals surface area contributed by atoms with Gasteiger partial charge in [0.25, 0.3) is 0 Å². The van der Waals surface area contributed by atoms with Crippen LogP contribution in [0.1, 0.15) is 71.9 Å². The number of carbonyl (C=O) groups is 3. The van der Waals surface area contributed by atoms with E-state index in [-0.39, 0.29) is 41.6 Å². The van der Waals surface area contributed by atoms with Gasteiger partial charge in [0, 0.05) is 37.1 Å². The summed E-state index contributed by atoms with van der Waals surface area (Å²) in [6.07, 6.45) is 6.44. The van der Waals surface area contributed by atoms with Gasteiger partial charge < -0.3 is 50.9 Å². The van der Waals surface area contributed by atoms with Crippen molar-refractivity contribution in [3.05, 3.63) is 37.0 Å². The van der Waals surface area contributed by atoms with Gasteiger partial charge in [-0.1, -0.05) is 69.7 Å². The van der Waals surface area contributed by atoms with Gasteiger partial charge in [0.2, 0.25) is 11.8 Å². The number of nitrogen functional groups attached to an aromatic ring is 1. The number of thioether (sulfide) groups is 1. The molecule has 61 heavy (non-hydrogen) atoms. The number of allylic oxidation sites excluding steroid dienone is 4. The molecule has 2 aromatic rings. The number of aliphatic hydroxyl groups excluding tert-OH is 2. The standard InChI is InChI=1S/C33H54N7O17P3S/c1-4-5-6-7-8-9-10-11-12-13-24(42)61-17-16-35-23(41)14-15-36-31(45)28(44)33(2,3)19-54-60(51,52)57-59(49,50)53-18-22-27(56-58(46,47)48)26(43)32(55-22)40-21-39-25-29(34)37-20-38-30(25)40/h7-10,20-22,26-28,32,43-44H,4-6,11-19H2,1-3H3,(H,35,41)(H,36,45)(H,49,50)(H,51,52)(H2,34,37,38)(H2,46,47,48)/b8-7+,10-9+. The second kappa shape index (κ2) is 24.2. The first kappa shape index (κ1) is 52.4. The molecule has 28 heteroatoms. The number of nitrogens with zero attached hydrogens (tertiary/aromatic N) is 4. The van der Waals surface area contributed by atoms with Gasteiger partial charge in [0.1, 0.15) is 36.3 Å². The van der Waals surface area contributed by atoms with Crippen LogP contribution in [-0.2, 0) is 50.7 Å². The molecule has 2 aromatic heterocycles. The lowest BCUT2D eigenvalue weighted by atomic mass is 9.87. The molecule has 3 rings (SSSR count). The molecule has 0 aliphatic carbocycles. The van der Waals surface area contributed by atoms with E-state index in [0.717, 1.165) is 61.1 Å². The van der Waals surface area contributed by atoms with Crippen molar-refractivity contribution < 1.29 is 80.5 Å². The molecule has 7 atom stereocenters. The van der Waals surface area contributed by atoms with Gasteiger partial charge in [-0.15, -0.1) is 0 Å². The van der Waals surface area contributed by atoms with Crippen molar-refractivity contribution in [1.29, 1.82) is 0 Å². The van der Waals surface area contributed by atoms with Gasteiger partial charge in [-0.3, -0.25) is 32.5 Å². The number of phosphoric ester groups is 3. The number of carbonyl (C=O) groups excluding carboxylic acids is 3. The van der Waals surface area contributed by atoms with E-state index >= 15 is 0 Å². The van der Waals surface area contributed by atoms with Gasteiger partial charge in [-0.25, -0.2) is 28.6 Å². The number of fused-ring (bicyclic) bond motifs is 1. The number of aromatic nitrogens is 4. The van der Waals surface area contributed by atoms with Gasteiger partial charge >= 0.3 is 23.5 Å². The molecule has 0 bridgehead atoms. The maximum atomic E-state index is 12.7. The second-order valence-electron chi connectivity index (χ2n) is 14.2. The summed E-state index contributed by atoms with van der Waals surface area (Å²) < 4.78 is 62.3. The molecule has 3 heterocycles. The average molecular weight is 946 g/mol. The number of aliphatic hydroxyl groups is 2. The molecule has 0 aromatic carbocycles. The highest BCUT2D eigenvalue weighted by atomic mass is 32.2. The summed E-state index contributed by atoms with van der Waals surface area (Å²) in [4.78, 5) is 87.9. The van der Waals surface area contributed by atoms with Gasteiger partial charge in [-0.2, -0.15) is 4.31 Å². The van der Waals surface area contributed by atoms with E-state index in [1.165, 1.54) is 13.8 Å². The SMILES string of the molecule is CCCC/C=C/C=C/CCCC(=O)SCCNC(=O)CCNC(=O)C(O)C(C)(C)COP(=O)(O)OP(=O)(O)OCC1OC(n2cnc3c(N)ncnc32)C(O)C1OP(=O)(O)O. The number of nitrogens with one attached hydrogen (secondary N) is 2. The number of anilines is 1. The fourth-order valence-electron chi connectivity index (χ4n) is 5.40. The zero-order valence-corrected chi connectivity index (χ0v) is 37.1. The van der Waals surface area contributed by atoms with E-state index < -0.39 is 84.6 Å². The quantitative estimate of drug-likeness (QED) is 0.0352. The summed E-state index contributed by atoms with van der Waals surface area (Å²) in [7, 11) is -16.4. The third-order valence-corrected chi connectivity index (χ3v) is 12.7. The minimum Gasteiger partial charge on any atom is -0.386 e. The van der Waals surface area contributed by atoms with Crippen LogP contribution < -0.4 is 16.4 Å². The van der Waals surface area contributed by atoms with Gasteiger partial charge in [0.05, 0.1) is 19.5 Å². The Kier molecular flexibility index (Phi) is 20.8. The molecule has 24 nitrogen and oxygen atoms in total. The van der Waals surface area contributed by atoms with E-state index in [1.54, 1.807) is 0 Å². The Labute approximate surface area is 355 Å². The van der Waals surface area contributed by atoms with Crippen LogP contribution in [0.15, 0.2) is 37.0 Å². The van der Waals surface area contributed by atoms with Crippen LogP contribution in [0.2, 0.25) is 0 Å². The predicted molar refractivity (Wildman–Crippen MR) is 219 cm³/mol. The fraction of sp³-hybridized carbons (Fsp3) is 0.636. The number of nitrogens with two attached hydrogens (primary N) is 1. The Hall–Kier alpha value is -2.96. The van der Waals surface area contributed by atoms with Crippen molar-refractivity contribution in [3.63, 3.8) is 0 Å². The lowest BCUT2D eigenvalue weighted by molar-refractivity contribution is -0.137. The number of phosphoric acid groups is 3. The first-order chi connectivity index (χ1) is 28.6. The molecule has 7 unspecified atom stereocenters. The molecular formula is C33H54N7O17P3S. The van der Waals surface area contributed by atoms with E-state index in [1.807, 2.05) is 18.2 Å². The maximum Gasteiger partial charge on any atom is 0.481 e. The first-order valence-electron chi connectivity index (χ1n) is 18.9. The number of imidazole rings is 1. The summed E-state index contributed by atoms with van der Waals surface area (Å²) in [5, 5.41) is 26.5. The van der Waals surface area contributed by atoms with Crippen LogP contribution in [0.4, 0.5) is 5.82 Å². The Morgan fingerprint density at radius 2 is 1.67 bits per heavy atom. The van der Waals surface area contributed by atoms with Crippen LogP contribution in [0, 0.1) is 5.41 Å². The summed E-state index contributed by atoms with van der Waals surface area (Å²) in [5.74, 6) is -1.08. The van der Waals surface area contributed by atoms with Crippen molar-refractivity contribution in [2.24, 2.45) is 5.41 Å². The van der Waals surface area contributed by atoms with E-state index in [2.05, 4.69) is 47.4 Å². The number of hydrogen-bond donors (Lipinski definition) is 9. The lowest BCUT2D eigenvalue weighted by Gasteiger charge is -2.30. The van der Waals surface area contributed by atoms with Crippen molar-refractivity contribution in [3.8, 4) is 0 Å². The van der Waals surface area contributed by atoms with Crippen molar-refractivity contribution in [1.82, 2.24) is 30.2 Å². The summed E-state index contributed by atoms with van der Waals surface area (Å²) >= 11 is 1.11. The number of rotatable bonds is 27. The molecule has 1 aliphatic rings. The van der Waals surface area contributed by atoms with E-state index in [4.69, 9.17) is 19.5 Å². The molecule has 10 N–H and O–H groups in total. The molecule has 0 radical (unpaired) electrons. The number of hydrogen-bond acceptors (Lipinski definition) is 18. The summed E-state index contributed by atoms with van der Waals surface area (Å²) in [6, 6.07) is 0. The summed E-state index contributed by atoms with van der Waals surface area (Å²) in [5.41, 5.74) is 4.27. The van der Waals surface area contributed by atoms with Crippen LogP contribution in [0.3, 0.4) is 0 Å². The highest BCUT2D eigenvalue weighted by molar-refractivity contribution is 8.13. The minimum atomic E-state index is -5.57. The number of unbranched alkanes of at least 4 members (excludes halogenated alkanes) is 3. The van der Waals surface area contributed by atoms with Crippen LogP contribution >= 0.6 is 35.2 Å². The maximum absolute atomic E-state index is 12.7. The first-order valence-corrected chi connectivity index (χ1v) is 24.4. The largest absolute Gasteiger partial charge is 0.481 e. The molecule has 1 aliphatic heterocycles. The highest BCUT2D eigenvalue weighted by Crippen LogP contribution is 2.61. The van der Waals surface area contributed by atoms with Gasteiger partial charge in [0.15, 0.2) is 22.8 Å². The minimum absolute atomic E-state index is 0.0121.